The highest BCUT2D eigenvalue weighted by atomic mass is 16.5. The summed E-state index contributed by atoms with van der Waals surface area (Å²) in [5, 5.41) is 6.22. The van der Waals surface area contributed by atoms with Crippen molar-refractivity contribution in [3.8, 4) is 5.75 Å². The lowest BCUT2D eigenvalue weighted by Crippen LogP contribution is -2.50. The third-order valence-corrected chi connectivity index (χ3v) is 4.15. The van der Waals surface area contributed by atoms with Gasteiger partial charge in [0.2, 0.25) is 5.91 Å². The molecular formula is C15H20N2O2. The van der Waals surface area contributed by atoms with E-state index in [2.05, 4.69) is 16.7 Å². The smallest absolute Gasteiger partial charge is 0.223 e. The minimum atomic E-state index is 0.0769. The van der Waals surface area contributed by atoms with Crippen LogP contribution in [0.2, 0.25) is 0 Å². The van der Waals surface area contributed by atoms with Gasteiger partial charge in [-0.05, 0) is 30.6 Å². The summed E-state index contributed by atoms with van der Waals surface area (Å²) in [5.41, 5.74) is 1.23. The molecule has 4 heteroatoms. The standard InChI is InChI=1S/C15H20N2O2/c1-10(12-7-16-8-12)15(18)17-9-13-6-11-4-2-3-5-14(11)19-13/h2-5,10,12-13,16H,6-9H2,1H3,(H,17,18). The molecule has 3 rings (SSSR count). The Labute approximate surface area is 113 Å². The quantitative estimate of drug-likeness (QED) is 0.848. The van der Waals surface area contributed by atoms with Gasteiger partial charge in [-0.15, -0.1) is 0 Å². The van der Waals surface area contributed by atoms with Crippen LogP contribution in [-0.4, -0.2) is 31.6 Å². The third-order valence-electron chi connectivity index (χ3n) is 4.15. The number of rotatable bonds is 4. The first-order valence-corrected chi connectivity index (χ1v) is 6.97. The lowest BCUT2D eigenvalue weighted by molar-refractivity contribution is -0.127. The van der Waals surface area contributed by atoms with Crippen LogP contribution in [0.1, 0.15) is 12.5 Å². The van der Waals surface area contributed by atoms with E-state index >= 15 is 0 Å². The summed E-state index contributed by atoms with van der Waals surface area (Å²) < 4.78 is 5.81. The van der Waals surface area contributed by atoms with Gasteiger partial charge in [0.05, 0.1) is 6.54 Å². The van der Waals surface area contributed by atoms with E-state index in [9.17, 15) is 4.79 Å². The highest BCUT2D eigenvalue weighted by molar-refractivity contribution is 5.78. The van der Waals surface area contributed by atoms with E-state index in [1.165, 1.54) is 5.56 Å². The minimum Gasteiger partial charge on any atom is -0.488 e. The van der Waals surface area contributed by atoms with Crippen molar-refractivity contribution in [3.05, 3.63) is 29.8 Å². The molecule has 0 radical (unpaired) electrons. The second-order valence-electron chi connectivity index (χ2n) is 5.50. The summed E-state index contributed by atoms with van der Waals surface area (Å²) in [7, 11) is 0. The number of carbonyl (C=O) groups is 1. The van der Waals surface area contributed by atoms with Crippen LogP contribution >= 0.6 is 0 Å². The zero-order valence-corrected chi connectivity index (χ0v) is 11.2. The summed E-state index contributed by atoms with van der Waals surface area (Å²) in [6, 6.07) is 8.07. The number of ether oxygens (including phenoxy) is 1. The van der Waals surface area contributed by atoms with E-state index in [0.717, 1.165) is 25.3 Å². The molecule has 0 bridgehead atoms. The maximum Gasteiger partial charge on any atom is 0.223 e. The molecule has 1 aromatic carbocycles. The van der Waals surface area contributed by atoms with Gasteiger partial charge in [0.1, 0.15) is 11.9 Å². The molecule has 2 unspecified atom stereocenters. The second-order valence-corrected chi connectivity index (χ2v) is 5.50. The Morgan fingerprint density at radius 3 is 2.95 bits per heavy atom. The van der Waals surface area contributed by atoms with Crippen LogP contribution in [0.3, 0.4) is 0 Å². The summed E-state index contributed by atoms with van der Waals surface area (Å²) in [5.74, 6) is 1.68. The van der Waals surface area contributed by atoms with Crippen molar-refractivity contribution in [2.24, 2.45) is 11.8 Å². The number of hydrogen-bond acceptors (Lipinski definition) is 3. The van der Waals surface area contributed by atoms with Gasteiger partial charge >= 0.3 is 0 Å². The van der Waals surface area contributed by atoms with Crippen LogP contribution < -0.4 is 15.4 Å². The van der Waals surface area contributed by atoms with Gasteiger partial charge in [-0.3, -0.25) is 4.79 Å². The van der Waals surface area contributed by atoms with Crippen LogP contribution in [-0.2, 0) is 11.2 Å². The van der Waals surface area contributed by atoms with E-state index in [-0.39, 0.29) is 17.9 Å². The predicted molar refractivity (Wildman–Crippen MR) is 73.1 cm³/mol. The first-order chi connectivity index (χ1) is 9.24. The van der Waals surface area contributed by atoms with Crippen LogP contribution in [0, 0.1) is 11.8 Å². The van der Waals surface area contributed by atoms with Gasteiger partial charge in [-0.25, -0.2) is 0 Å². The molecule has 2 aliphatic rings. The summed E-state index contributed by atoms with van der Waals surface area (Å²) in [4.78, 5) is 12.0. The minimum absolute atomic E-state index is 0.0769. The fourth-order valence-electron chi connectivity index (χ4n) is 2.62. The van der Waals surface area contributed by atoms with E-state index < -0.39 is 0 Å². The van der Waals surface area contributed by atoms with Crippen LogP contribution in [0.25, 0.3) is 0 Å². The normalized spacial score (nSPS) is 23.1. The van der Waals surface area contributed by atoms with Crippen LogP contribution in [0.5, 0.6) is 5.75 Å². The third kappa shape index (κ3) is 2.59. The van der Waals surface area contributed by atoms with Gasteiger partial charge in [0.25, 0.3) is 0 Å². The molecule has 2 N–H and O–H groups in total. The first-order valence-electron chi connectivity index (χ1n) is 6.97. The number of fused-ring (bicyclic) bond motifs is 1. The number of carbonyl (C=O) groups excluding carboxylic acids is 1. The highest BCUT2D eigenvalue weighted by Gasteiger charge is 2.29. The topological polar surface area (TPSA) is 50.4 Å². The van der Waals surface area contributed by atoms with Crippen LogP contribution in [0.4, 0.5) is 0 Å². The predicted octanol–water partition coefficient (Wildman–Crippen LogP) is 0.962. The Balaban J connectivity index is 1.47. The molecule has 2 heterocycles. The first kappa shape index (κ1) is 12.5. The Morgan fingerprint density at radius 2 is 2.26 bits per heavy atom. The zero-order chi connectivity index (χ0) is 13.2. The number of benzene rings is 1. The molecule has 1 saturated heterocycles. The highest BCUT2D eigenvalue weighted by Crippen LogP contribution is 2.27. The molecule has 0 spiro atoms. The number of amides is 1. The van der Waals surface area contributed by atoms with Gasteiger partial charge < -0.3 is 15.4 Å². The summed E-state index contributed by atoms with van der Waals surface area (Å²) >= 11 is 0. The number of nitrogens with one attached hydrogen (secondary N) is 2. The van der Waals surface area contributed by atoms with E-state index in [1.807, 2.05) is 25.1 Å². The SMILES string of the molecule is CC(C(=O)NCC1Cc2ccccc2O1)C1CNC1. The maximum absolute atomic E-state index is 12.0. The lowest BCUT2D eigenvalue weighted by Gasteiger charge is -2.31. The fraction of sp³-hybridized carbons (Fsp3) is 0.533. The Kier molecular flexibility index (Phi) is 3.42. The van der Waals surface area contributed by atoms with Crippen molar-refractivity contribution in [2.75, 3.05) is 19.6 Å². The molecule has 1 amide bonds. The molecule has 4 nitrogen and oxygen atoms in total. The van der Waals surface area contributed by atoms with E-state index in [1.54, 1.807) is 0 Å². The van der Waals surface area contributed by atoms with Crippen LogP contribution in [0.15, 0.2) is 24.3 Å². The number of para-hydroxylation sites is 1. The molecule has 1 aromatic rings. The van der Waals surface area contributed by atoms with E-state index in [0.29, 0.717) is 12.5 Å². The molecule has 0 aliphatic carbocycles. The van der Waals surface area contributed by atoms with Crippen molar-refractivity contribution in [1.82, 2.24) is 10.6 Å². The monoisotopic (exact) mass is 260 g/mol. The van der Waals surface area contributed by atoms with E-state index in [4.69, 9.17) is 4.74 Å². The summed E-state index contributed by atoms with van der Waals surface area (Å²) in [6.07, 6.45) is 0.962. The molecule has 2 atom stereocenters. The largest absolute Gasteiger partial charge is 0.488 e. The van der Waals surface area contributed by atoms with Gasteiger partial charge in [0.15, 0.2) is 0 Å². The van der Waals surface area contributed by atoms with Crippen molar-refractivity contribution >= 4 is 5.91 Å². The molecule has 19 heavy (non-hydrogen) atoms. The zero-order valence-electron chi connectivity index (χ0n) is 11.2. The molecule has 2 aliphatic heterocycles. The molecular weight excluding hydrogens is 240 g/mol. The fourth-order valence-corrected chi connectivity index (χ4v) is 2.62. The van der Waals surface area contributed by atoms with Crippen molar-refractivity contribution in [2.45, 2.75) is 19.4 Å². The number of hydrogen-bond donors (Lipinski definition) is 2. The van der Waals surface area contributed by atoms with Gasteiger partial charge in [-0.1, -0.05) is 25.1 Å². The molecule has 0 saturated carbocycles. The van der Waals surface area contributed by atoms with Crippen molar-refractivity contribution < 1.29 is 9.53 Å². The maximum atomic E-state index is 12.0. The average Bonchev–Trinajstić information content (AvgIpc) is 2.76. The van der Waals surface area contributed by atoms with Crippen molar-refractivity contribution in [1.29, 1.82) is 0 Å². The summed E-state index contributed by atoms with van der Waals surface area (Å²) in [6.45, 7) is 4.52. The average molecular weight is 260 g/mol. The van der Waals surface area contributed by atoms with Gasteiger partial charge in [-0.2, -0.15) is 0 Å². The molecule has 0 aromatic heterocycles. The Bertz CT molecular complexity index is 446. The lowest BCUT2D eigenvalue weighted by atomic mass is 9.88. The Morgan fingerprint density at radius 1 is 1.47 bits per heavy atom. The van der Waals surface area contributed by atoms with Gasteiger partial charge in [0, 0.05) is 12.3 Å². The van der Waals surface area contributed by atoms with Crippen molar-refractivity contribution in [3.63, 3.8) is 0 Å². The second kappa shape index (κ2) is 5.21. The molecule has 102 valence electrons. The Hall–Kier alpha value is -1.55. The molecule has 1 fully saturated rings.